The zero-order chi connectivity index (χ0) is 21.2. The van der Waals surface area contributed by atoms with Gasteiger partial charge in [-0.05, 0) is 42.5 Å². The molecule has 0 unspecified atom stereocenters. The summed E-state index contributed by atoms with van der Waals surface area (Å²) in [6.07, 6.45) is 0. The number of anilines is 2. The maximum Gasteiger partial charge on any atom is 0.261 e. The lowest BCUT2D eigenvalue weighted by Crippen LogP contribution is -2.15. The van der Waals surface area contributed by atoms with Gasteiger partial charge in [0.25, 0.3) is 15.9 Å². The van der Waals surface area contributed by atoms with E-state index in [1.807, 2.05) is 0 Å². The van der Waals surface area contributed by atoms with Gasteiger partial charge in [0.15, 0.2) is 0 Å². The first-order valence-electron chi connectivity index (χ1n) is 8.01. The highest BCUT2D eigenvalue weighted by atomic mass is 35.5. The van der Waals surface area contributed by atoms with Crippen LogP contribution in [0.2, 0.25) is 20.1 Å². The van der Waals surface area contributed by atoms with Gasteiger partial charge in [-0.3, -0.25) is 9.52 Å². The van der Waals surface area contributed by atoms with Crippen molar-refractivity contribution in [3.8, 4) is 0 Å². The Morgan fingerprint density at radius 1 is 0.759 bits per heavy atom. The number of amides is 1. The van der Waals surface area contributed by atoms with Crippen LogP contribution < -0.4 is 10.0 Å². The zero-order valence-corrected chi connectivity index (χ0v) is 18.3. The lowest BCUT2D eigenvalue weighted by molar-refractivity contribution is 0.102. The number of nitrogens with one attached hydrogen (secondary N) is 2. The van der Waals surface area contributed by atoms with Gasteiger partial charge in [-0.1, -0.05) is 64.6 Å². The molecule has 0 heterocycles. The number of rotatable bonds is 5. The number of carbonyl (C=O) groups is 1. The summed E-state index contributed by atoms with van der Waals surface area (Å²) in [5.74, 6) is -0.601. The highest BCUT2D eigenvalue weighted by Gasteiger charge is 2.18. The van der Waals surface area contributed by atoms with Crippen molar-refractivity contribution >= 4 is 73.7 Å². The third-order valence-corrected chi connectivity index (χ3v) is 6.54. The Labute approximate surface area is 187 Å². The first-order valence-corrected chi connectivity index (χ1v) is 11.0. The molecule has 3 rings (SSSR count). The summed E-state index contributed by atoms with van der Waals surface area (Å²) in [5, 5.41) is 3.34. The van der Waals surface area contributed by atoms with Crippen LogP contribution in [0, 0.1) is 0 Å². The molecule has 0 aromatic heterocycles. The third-order valence-electron chi connectivity index (χ3n) is 3.77. The van der Waals surface area contributed by atoms with E-state index in [1.54, 1.807) is 18.2 Å². The van der Waals surface area contributed by atoms with E-state index >= 15 is 0 Å². The van der Waals surface area contributed by atoms with Gasteiger partial charge in [0.05, 0.1) is 36.2 Å². The normalized spacial score (nSPS) is 11.2. The molecule has 29 heavy (non-hydrogen) atoms. The molecule has 0 aliphatic carbocycles. The molecule has 0 fully saturated rings. The van der Waals surface area contributed by atoms with Crippen LogP contribution in [0.15, 0.2) is 65.6 Å². The maximum absolute atomic E-state index is 12.7. The van der Waals surface area contributed by atoms with Gasteiger partial charge < -0.3 is 5.32 Å². The number of hydrogen-bond donors (Lipinski definition) is 2. The van der Waals surface area contributed by atoms with Crippen molar-refractivity contribution in [2.75, 3.05) is 10.0 Å². The Kier molecular flexibility index (Phi) is 6.61. The molecular formula is C19H12Cl4N2O3S. The van der Waals surface area contributed by atoms with Crippen LogP contribution in [0.5, 0.6) is 0 Å². The quantitative estimate of drug-likeness (QED) is 0.410. The molecule has 10 heteroatoms. The Hall–Kier alpha value is -1.96. The molecule has 150 valence electrons. The summed E-state index contributed by atoms with van der Waals surface area (Å²) < 4.78 is 27.4. The number of carbonyl (C=O) groups excluding carboxylic acids is 1. The first kappa shape index (κ1) is 21.7. The Morgan fingerprint density at radius 3 is 2.10 bits per heavy atom. The molecular weight excluding hydrogens is 478 g/mol. The van der Waals surface area contributed by atoms with Crippen molar-refractivity contribution in [3.05, 3.63) is 86.3 Å². The first-order chi connectivity index (χ1) is 13.7. The Bertz CT molecular complexity index is 1190. The number of hydrogen-bond acceptors (Lipinski definition) is 3. The zero-order valence-electron chi connectivity index (χ0n) is 14.4. The van der Waals surface area contributed by atoms with E-state index in [2.05, 4.69) is 10.0 Å². The van der Waals surface area contributed by atoms with Gasteiger partial charge in [-0.2, -0.15) is 0 Å². The molecule has 0 saturated carbocycles. The predicted molar refractivity (Wildman–Crippen MR) is 118 cm³/mol. The topological polar surface area (TPSA) is 75.3 Å². The summed E-state index contributed by atoms with van der Waals surface area (Å²) >= 11 is 24.0. The highest BCUT2D eigenvalue weighted by Crippen LogP contribution is 2.33. The average Bonchev–Trinajstić information content (AvgIpc) is 2.68. The van der Waals surface area contributed by atoms with Crippen LogP contribution in [0.1, 0.15) is 10.4 Å². The molecule has 0 saturated heterocycles. The minimum atomic E-state index is -3.82. The van der Waals surface area contributed by atoms with E-state index in [1.165, 1.54) is 42.5 Å². The van der Waals surface area contributed by atoms with Crippen molar-refractivity contribution in [2.24, 2.45) is 0 Å². The van der Waals surface area contributed by atoms with Gasteiger partial charge in [0.1, 0.15) is 0 Å². The van der Waals surface area contributed by atoms with E-state index in [0.717, 1.165) is 0 Å². The molecule has 2 N–H and O–H groups in total. The van der Waals surface area contributed by atoms with Crippen molar-refractivity contribution in [1.82, 2.24) is 0 Å². The fourth-order valence-corrected chi connectivity index (χ4v) is 4.25. The molecule has 0 spiro atoms. The van der Waals surface area contributed by atoms with Crippen LogP contribution in [0.3, 0.4) is 0 Å². The van der Waals surface area contributed by atoms with E-state index in [9.17, 15) is 13.2 Å². The third kappa shape index (κ3) is 5.15. The van der Waals surface area contributed by atoms with Gasteiger partial charge in [0, 0.05) is 5.69 Å². The van der Waals surface area contributed by atoms with Crippen LogP contribution in [-0.2, 0) is 10.0 Å². The van der Waals surface area contributed by atoms with E-state index < -0.39 is 15.9 Å². The van der Waals surface area contributed by atoms with Crippen LogP contribution in [0.4, 0.5) is 11.4 Å². The molecule has 0 atom stereocenters. The van der Waals surface area contributed by atoms with Crippen molar-refractivity contribution in [1.29, 1.82) is 0 Å². The minimum Gasteiger partial charge on any atom is -0.321 e. The van der Waals surface area contributed by atoms with Crippen LogP contribution >= 0.6 is 46.4 Å². The molecule has 0 aliphatic heterocycles. The van der Waals surface area contributed by atoms with Crippen LogP contribution in [-0.4, -0.2) is 14.3 Å². The lowest BCUT2D eigenvalue weighted by Gasteiger charge is -2.12. The van der Waals surface area contributed by atoms with Crippen LogP contribution in [0.25, 0.3) is 0 Å². The summed E-state index contributed by atoms with van der Waals surface area (Å²) in [5.41, 5.74) is 0.447. The predicted octanol–water partition coefficient (Wildman–Crippen LogP) is 6.35. The second-order valence-corrected chi connectivity index (χ2v) is 9.12. The second-order valence-electron chi connectivity index (χ2n) is 5.81. The van der Waals surface area contributed by atoms with E-state index in [0.29, 0.717) is 0 Å². The van der Waals surface area contributed by atoms with Gasteiger partial charge in [-0.25, -0.2) is 8.42 Å². The Morgan fingerprint density at radius 2 is 1.41 bits per heavy atom. The molecule has 1 amide bonds. The van der Waals surface area contributed by atoms with E-state index in [-0.39, 0.29) is 41.9 Å². The molecule has 3 aromatic rings. The number of benzene rings is 3. The minimum absolute atomic E-state index is 0.0436. The summed E-state index contributed by atoms with van der Waals surface area (Å²) in [4.78, 5) is 12.8. The monoisotopic (exact) mass is 488 g/mol. The van der Waals surface area contributed by atoms with Gasteiger partial charge in [-0.15, -0.1) is 0 Å². The van der Waals surface area contributed by atoms with Crippen molar-refractivity contribution in [3.63, 3.8) is 0 Å². The van der Waals surface area contributed by atoms with Gasteiger partial charge in [0.2, 0.25) is 0 Å². The molecule has 0 radical (unpaired) electrons. The summed E-state index contributed by atoms with van der Waals surface area (Å²) in [6.45, 7) is 0. The standard InChI is InChI=1S/C19H12Cl4N2O3S/c20-14-7-6-11(25-29(27,28)12-4-2-1-3-5-12)8-13(14)19(26)24-18-10-16(22)15(21)9-17(18)23/h1-10,25H,(H,24,26). The SMILES string of the molecule is O=C(Nc1cc(Cl)c(Cl)cc1Cl)c1cc(NS(=O)(=O)c2ccccc2)ccc1Cl. The molecule has 5 nitrogen and oxygen atoms in total. The van der Waals surface area contributed by atoms with Crippen molar-refractivity contribution in [2.45, 2.75) is 4.90 Å². The lowest BCUT2D eigenvalue weighted by atomic mass is 10.2. The molecule has 0 aliphatic rings. The summed E-state index contributed by atoms with van der Waals surface area (Å²) in [7, 11) is -3.82. The fraction of sp³-hybridized carbons (Fsp3) is 0. The fourth-order valence-electron chi connectivity index (χ4n) is 2.38. The summed E-state index contributed by atoms with van der Waals surface area (Å²) in [6, 6.07) is 14.8. The number of sulfonamides is 1. The van der Waals surface area contributed by atoms with Crippen molar-refractivity contribution < 1.29 is 13.2 Å². The average molecular weight is 490 g/mol. The number of halogens is 4. The molecule has 3 aromatic carbocycles. The Balaban J connectivity index is 1.87. The smallest absolute Gasteiger partial charge is 0.261 e. The highest BCUT2D eigenvalue weighted by molar-refractivity contribution is 7.92. The largest absolute Gasteiger partial charge is 0.321 e. The maximum atomic E-state index is 12.7. The van der Waals surface area contributed by atoms with E-state index in [4.69, 9.17) is 46.4 Å². The molecule has 0 bridgehead atoms. The second kappa shape index (κ2) is 8.81. The van der Waals surface area contributed by atoms with Gasteiger partial charge >= 0.3 is 0 Å².